The molecule has 0 aliphatic carbocycles. The molecule has 0 radical (unpaired) electrons. The Morgan fingerprint density at radius 1 is 0.852 bits per heavy atom. The number of hydrogen-bond acceptors (Lipinski definition) is 7. The van der Waals surface area contributed by atoms with E-state index in [1.165, 1.54) is 7.11 Å². The van der Waals surface area contributed by atoms with E-state index in [-0.39, 0.29) is 13.2 Å². The van der Waals surface area contributed by atoms with Gasteiger partial charge in [0.25, 0.3) is 0 Å². The number of ether oxygens (including phenoxy) is 5. The van der Waals surface area contributed by atoms with Crippen molar-refractivity contribution in [3.05, 3.63) is 48.0 Å². The maximum absolute atomic E-state index is 10.0. The third-order valence-electron chi connectivity index (χ3n) is 4.01. The fourth-order valence-electron chi connectivity index (χ4n) is 2.40. The molecule has 0 saturated heterocycles. The summed E-state index contributed by atoms with van der Waals surface area (Å²) >= 11 is 0. The third-order valence-corrected chi connectivity index (χ3v) is 4.01. The van der Waals surface area contributed by atoms with E-state index in [0.717, 1.165) is 11.3 Å². The Hall–Kier alpha value is -2.48. The summed E-state index contributed by atoms with van der Waals surface area (Å²) in [6, 6.07) is 12.5. The zero-order valence-corrected chi connectivity index (χ0v) is 15.8. The number of rotatable bonds is 11. The van der Waals surface area contributed by atoms with Crippen molar-refractivity contribution in [2.24, 2.45) is 0 Å². The number of aliphatic hydroxyl groups excluding tert-OH is 2. The quantitative estimate of drug-likeness (QED) is 0.619. The first-order chi connectivity index (χ1) is 13.1. The summed E-state index contributed by atoms with van der Waals surface area (Å²) in [4.78, 5) is 0. The van der Waals surface area contributed by atoms with E-state index in [1.54, 1.807) is 32.4 Å². The largest absolute Gasteiger partial charge is 0.497 e. The molecule has 2 aromatic carbocycles. The highest BCUT2D eigenvalue weighted by atomic mass is 16.5. The molecule has 0 aliphatic rings. The van der Waals surface area contributed by atoms with E-state index in [4.69, 9.17) is 23.7 Å². The summed E-state index contributed by atoms with van der Waals surface area (Å²) in [5.74, 6) is 2.42. The second-order valence-corrected chi connectivity index (χ2v) is 5.78. The fourth-order valence-corrected chi connectivity index (χ4v) is 2.40. The lowest BCUT2D eigenvalue weighted by atomic mass is 10.2. The van der Waals surface area contributed by atoms with Crippen LogP contribution in [-0.2, 0) is 11.3 Å². The molecule has 7 nitrogen and oxygen atoms in total. The van der Waals surface area contributed by atoms with Crippen molar-refractivity contribution in [3.63, 3.8) is 0 Å². The molecule has 7 heteroatoms. The summed E-state index contributed by atoms with van der Waals surface area (Å²) < 4.78 is 27.0. The Kier molecular flexibility index (Phi) is 8.19. The highest BCUT2D eigenvalue weighted by Crippen LogP contribution is 2.31. The predicted molar refractivity (Wildman–Crippen MR) is 99.7 cm³/mol. The minimum atomic E-state index is -1.07. The molecule has 0 spiro atoms. The molecular formula is C20H26O7. The van der Waals surface area contributed by atoms with Gasteiger partial charge in [-0.2, -0.15) is 0 Å². The van der Waals surface area contributed by atoms with Gasteiger partial charge in [-0.3, -0.25) is 0 Å². The minimum absolute atomic E-state index is 0.0629. The van der Waals surface area contributed by atoms with Gasteiger partial charge in [0.15, 0.2) is 11.5 Å². The Morgan fingerprint density at radius 2 is 1.52 bits per heavy atom. The fraction of sp³-hybridized carbons (Fsp3) is 0.400. The lowest BCUT2D eigenvalue weighted by Crippen LogP contribution is -2.37. The van der Waals surface area contributed by atoms with Crippen LogP contribution in [0.15, 0.2) is 42.5 Å². The van der Waals surface area contributed by atoms with Crippen LogP contribution in [0.3, 0.4) is 0 Å². The Bertz CT molecular complexity index is 687. The Balaban J connectivity index is 1.97. The van der Waals surface area contributed by atoms with E-state index < -0.39 is 18.8 Å². The van der Waals surface area contributed by atoms with E-state index >= 15 is 0 Å². The van der Waals surface area contributed by atoms with Gasteiger partial charge < -0.3 is 33.9 Å². The van der Waals surface area contributed by atoms with Gasteiger partial charge in [0.2, 0.25) is 0 Å². The average molecular weight is 378 g/mol. The summed E-state index contributed by atoms with van der Waals surface area (Å²) in [5.41, 5.74) is 0.914. The molecule has 1 unspecified atom stereocenters. The molecule has 0 aromatic heterocycles. The number of methoxy groups -OCH3 is 3. The van der Waals surface area contributed by atoms with Gasteiger partial charge >= 0.3 is 0 Å². The predicted octanol–water partition coefficient (Wildman–Crippen LogP) is 2.03. The monoisotopic (exact) mass is 378 g/mol. The van der Waals surface area contributed by atoms with Gasteiger partial charge in [0.05, 0.1) is 34.5 Å². The molecule has 27 heavy (non-hydrogen) atoms. The topological polar surface area (TPSA) is 86.6 Å². The highest BCUT2D eigenvalue weighted by Gasteiger charge is 2.21. The minimum Gasteiger partial charge on any atom is -0.497 e. The first-order valence-electron chi connectivity index (χ1n) is 8.49. The molecular weight excluding hydrogens is 352 g/mol. The molecule has 0 bridgehead atoms. The molecule has 0 heterocycles. The molecule has 0 amide bonds. The van der Waals surface area contributed by atoms with Crippen LogP contribution in [0.25, 0.3) is 0 Å². The molecule has 0 fully saturated rings. The van der Waals surface area contributed by atoms with Crippen LogP contribution < -0.4 is 18.9 Å². The first kappa shape index (κ1) is 20.8. The van der Waals surface area contributed by atoms with Crippen molar-refractivity contribution >= 4 is 0 Å². The normalized spacial score (nSPS) is 12.9. The zero-order valence-electron chi connectivity index (χ0n) is 15.8. The highest BCUT2D eigenvalue weighted by molar-refractivity contribution is 5.45. The van der Waals surface area contributed by atoms with Crippen molar-refractivity contribution in [2.75, 3.05) is 34.5 Å². The smallest absolute Gasteiger partial charge is 0.164 e. The van der Waals surface area contributed by atoms with E-state index in [2.05, 4.69) is 0 Å². The summed E-state index contributed by atoms with van der Waals surface area (Å²) in [6.45, 7) is -0.100. The maximum Gasteiger partial charge on any atom is 0.164 e. The maximum atomic E-state index is 10.0. The van der Waals surface area contributed by atoms with Crippen LogP contribution in [0.5, 0.6) is 23.0 Å². The Labute approximate surface area is 159 Å². The summed E-state index contributed by atoms with van der Waals surface area (Å²) in [6.07, 6.45) is -1.77. The average Bonchev–Trinajstić information content (AvgIpc) is 2.73. The molecule has 0 aliphatic heterocycles. The van der Waals surface area contributed by atoms with Gasteiger partial charge in [-0.05, 0) is 29.8 Å². The molecule has 148 valence electrons. The van der Waals surface area contributed by atoms with Gasteiger partial charge in [0, 0.05) is 6.07 Å². The van der Waals surface area contributed by atoms with E-state index in [1.807, 2.05) is 24.3 Å². The van der Waals surface area contributed by atoms with Crippen LogP contribution >= 0.6 is 0 Å². The number of benzene rings is 2. The SMILES string of the molecule is COc1ccc(COC(COc2ccc(OC)c(OC)c2)[C@H](O)CO)cc1. The first-order valence-corrected chi connectivity index (χ1v) is 8.49. The van der Waals surface area contributed by atoms with Crippen molar-refractivity contribution in [2.45, 2.75) is 18.8 Å². The summed E-state index contributed by atoms with van der Waals surface area (Å²) in [7, 11) is 4.70. The van der Waals surface area contributed by atoms with Crippen molar-refractivity contribution < 1.29 is 33.9 Å². The standard InChI is InChI=1S/C20H26O7/c1-23-15-6-4-14(5-7-15)12-27-20(17(22)11-21)13-26-16-8-9-18(24-2)19(10-16)25-3/h4-10,17,20-22H,11-13H2,1-3H3/t17-,20?/m1/s1. The van der Waals surface area contributed by atoms with E-state index in [0.29, 0.717) is 17.2 Å². The van der Waals surface area contributed by atoms with Crippen LogP contribution in [-0.4, -0.2) is 57.0 Å². The number of aliphatic hydroxyl groups is 2. The van der Waals surface area contributed by atoms with Crippen LogP contribution in [0.2, 0.25) is 0 Å². The van der Waals surface area contributed by atoms with Crippen LogP contribution in [0.4, 0.5) is 0 Å². The van der Waals surface area contributed by atoms with Crippen molar-refractivity contribution in [1.82, 2.24) is 0 Å². The molecule has 2 N–H and O–H groups in total. The molecule has 2 aromatic rings. The van der Waals surface area contributed by atoms with E-state index in [9.17, 15) is 10.2 Å². The second-order valence-electron chi connectivity index (χ2n) is 5.78. The lowest BCUT2D eigenvalue weighted by molar-refractivity contribution is -0.0818. The number of hydrogen-bond donors (Lipinski definition) is 2. The summed E-state index contributed by atoms with van der Waals surface area (Å²) in [5, 5.41) is 19.3. The molecule has 0 saturated carbocycles. The second kappa shape index (κ2) is 10.6. The molecule has 2 rings (SSSR count). The van der Waals surface area contributed by atoms with Crippen molar-refractivity contribution in [3.8, 4) is 23.0 Å². The third kappa shape index (κ3) is 6.02. The lowest BCUT2D eigenvalue weighted by Gasteiger charge is -2.22. The van der Waals surface area contributed by atoms with Crippen LogP contribution in [0, 0.1) is 0 Å². The Morgan fingerprint density at radius 3 is 2.11 bits per heavy atom. The van der Waals surface area contributed by atoms with Gasteiger partial charge in [-0.15, -0.1) is 0 Å². The van der Waals surface area contributed by atoms with Gasteiger partial charge in [0.1, 0.15) is 30.3 Å². The van der Waals surface area contributed by atoms with Gasteiger partial charge in [-0.25, -0.2) is 0 Å². The van der Waals surface area contributed by atoms with Crippen molar-refractivity contribution in [1.29, 1.82) is 0 Å². The van der Waals surface area contributed by atoms with Gasteiger partial charge in [-0.1, -0.05) is 12.1 Å². The van der Waals surface area contributed by atoms with Crippen LogP contribution in [0.1, 0.15) is 5.56 Å². The molecule has 2 atom stereocenters. The zero-order chi connectivity index (χ0) is 19.6.